The Morgan fingerprint density at radius 3 is 2.25 bits per heavy atom. The number of anilines is 1. The molecule has 1 heterocycles. The summed E-state index contributed by atoms with van der Waals surface area (Å²) < 4.78 is 51.7. The lowest BCUT2D eigenvalue weighted by Crippen LogP contribution is -2.12. The van der Waals surface area contributed by atoms with Gasteiger partial charge in [0.25, 0.3) is 10.0 Å². The first-order valence-electron chi connectivity index (χ1n) is 6.54. The van der Waals surface area contributed by atoms with Crippen molar-refractivity contribution in [3.63, 3.8) is 0 Å². The third-order valence-corrected chi connectivity index (χ3v) is 7.19. The summed E-state index contributed by atoms with van der Waals surface area (Å²) in [6, 6.07) is 10.7. The predicted octanol–water partition coefficient (Wildman–Crippen LogP) is 3.26. The van der Waals surface area contributed by atoms with Crippen LogP contribution in [0.1, 0.15) is 0 Å². The standard InChI is InChI=1S/C14H11BrN2O4S3/c1-23(18,19)11-6-7-12-13(8-11)22-14(16-12)17-24(20,21)10-4-2-9(15)3-5-10/h2-8H,1H3,(H,16,17). The maximum absolute atomic E-state index is 12.4. The molecule has 0 amide bonds. The van der Waals surface area contributed by atoms with Crippen LogP contribution >= 0.6 is 27.3 Å². The van der Waals surface area contributed by atoms with E-state index in [1.54, 1.807) is 18.2 Å². The number of rotatable bonds is 4. The molecule has 0 aliphatic carbocycles. The first-order valence-corrected chi connectivity index (χ1v) is 11.5. The highest BCUT2D eigenvalue weighted by molar-refractivity contribution is 9.10. The van der Waals surface area contributed by atoms with E-state index < -0.39 is 19.9 Å². The van der Waals surface area contributed by atoms with Crippen LogP contribution in [0.3, 0.4) is 0 Å². The maximum Gasteiger partial charge on any atom is 0.263 e. The third kappa shape index (κ3) is 3.61. The van der Waals surface area contributed by atoms with E-state index in [2.05, 4.69) is 25.6 Å². The van der Waals surface area contributed by atoms with Crippen LogP contribution in [0.15, 0.2) is 56.7 Å². The second-order valence-electron chi connectivity index (χ2n) is 4.98. The van der Waals surface area contributed by atoms with Crippen molar-refractivity contribution >= 4 is 62.5 Å². The molecule has 1 aromatic heterocycles. The Balaban J connectivity index is 1.97. The van der Waals surface area contributed by atoms with Crippen LogP contribution in [-0.2, 0) is 19.9 Å². The topological polar surface area (TPSA) is 93.2 Å². The van der Waals surface area contributed by atoms with E-state index in [0.29, 0.717) is 10.2 Å². The van der Waals surface area contributed by atoms with E-state index in [1.807, 2.05) is 0 Å². The largest absolute Gasteiger partial charge is 0.263 e. The molecule has 3 rings (SSSR count). The fraction of sp³-hybridized carbons (Fsp3) is 0.0714. The summed E-state index contributed by atoms with van der Waals surface area (Å²) in [6.45, 7) is 0. The van der Waals surface area contributed by atoms with Gasteiger partial charge < -0.3 is 0 Å². The van der Waals surface area contributed by atoms with Crippen molar-refractivity contribution in [2.75, 3.05) is 11.0 Å². The average Bonchev–Trinajstić information content (AvgIpc) is 2.87. The third-order valence-electron chi connectivity index (χ3n) is 3.13. The lowest BCUT2D eigenvalue weighted by molar-refractivity contribution is 0.600. The minimum Gasteiger partial charge on any atom is -0.255 e. The first-order chi connectivity index (χ1) is 11.1. The van der Waals surface area contributed by atoms with Crippen molar-refractivity contribution in [3.05, 3.63) is 46.9 Å². The zero-order chi connectivity index (χ0) is 17.5. The van der Waals surface area contributed by atoms with E-state index in [9.17, 15) is 16.8 Å². The molecular formula is C14H11BrN2O4S3. The highest BCUT2D eigenvalue weighted by Crippen LogP contribution is 2.29. The van der Waals surface area contributed by atoms with Crippen molar-refractivity contribution in [2.24, 2.45) is 0 Å². The molecule has 0 bridgehead atoms. The van der Waals surface area contributed by atoms with Gasteiger partial charge in [0.2, 0.25) is 0 Å². The van der Waals surface area contributed by atoms with Gasteiger partial charge in [0.05, 0.1) is 20.0 Å². The molecule has 0 saturated carbocycles. The molecule has 1 N–H and O–H groups in total. The number of halogens is 1. The smallest absolute Gasteiger partial charge is 0.255 e. The molecule has 0 spiro atoms. The summed E-state index contributed by atoms with van der Waals surface area (Å²) in [6.07, 6.45) is 1.12. The molecule has 0 aliphatic rings. The van der Waals surface area contributed by atoms with Crippen LogP contribution in [0.25, 0.3) is 10.2 Å². The number of thiazole rings is 1. The Labute approximate surface area is 151 Å². The van der Waals surface area contributed by atoms with Crippen LogP contribution in [0, 0.1) is 0 Å². The van der Waals surface area contributed by atoms with Crippen molar-refractivity contribution < 1.29 is 16.8 Å². The lowest BCUT2D eigenvalue weighted by atomic mass is 10.3. The van der Waals surface area contributed by atoms with E-state index >= 15 is 0 Å². The average molecular weight is 447 g/mol. The number of nitrogens with one attached hydrogen (secondary N) is 1. The fourth-order valence-electron chi connectivity index (χ4n) is 1.97. The zero-order valence-corrected chi connectivity index (χ0v) is 16.3. The Hall–Kier alpha value is -1.49. The van der Waals surface area contributed by atoms with Gasteiger partial charge in [-0.3, -0.25) is 4.72 Å². The summed E-state index contributed by atoms with van der Waals surface area (Å²) in [7, 11) is -7.09. The number of sulfonamides is 1. The molecule has 6 nitrogen and oxygen atoms in total. The zero-order valence-electron chi connectivity index (χ0n) is 12.2. The number of sulfone groups is 1. The van der Waals surface area contributed by atoms with Gasteiger partial charge in [-0.1, -0.05) is 27.3 Å². The van der Waals surface area contributed by atoms with E-state index in [4.69, 9.17) is 0 Å². The number of fused-ring (bicyclic) bond motifs is 1. The van der Waals surface area contributed by atoms with Gasteiger partial charge in [-0.15, -0.1) is 0 Å². The molecule has 0 saturated heterocycles. The highest BCUT2D eigenvalue weighted by atomic mass is 79.9. The van der Waals surface area contributed by atoms with Crippen LogP contribution in [0.2, 0.25) is 0 Å². The SMILES string of the molecule is CS(=O)(=O)c1ccc2nc(NS(=O)(=O)c3ccc(Br)cc3)sc2c1. The molecule has 0 unspecified atom stereocenters. The number of benzene rings is 2. The van der Waals surface area contributed by atoms with Gasteiger partial charge in [0.1, 0.15) is 0 Å². The van der Waals surface area contributed by atoms with Crippen molar-refractivity contribution in [2.45, 2.75) is 9.79 Å². The van der Waals surface area contributed by atoms with Crippen LogP contribution in [-0.4, -0.2) is 28.1 Å². The second-order valence-corrected chi connectivity index (χ2v) is 10.6. The summed E-state index contributed by atoms with van der Waals surface area (Å²) >= 11 is 4.33. The quantitative estimate of drug-likeness (QED) is 0.663. The minimum absolute atomic E-state index is 0.113. The number of hydrogen-bond acceptors (Lipinski definition) is 6. The van der Waals surface area contributed by atoms with E-state index in [-0.39, 0.29) is 14.9 Å². The van der Waals surface area contributed by atoms with Gasteiger partial charge >= 0.3 is 0 Å². The monoisotopic (exact) mass is 446 g/mol. The molecular weight excluding hydrogens is 436 g/mol. The van der Waals surface area contributed by atoms with Crippen LogP contribution < -0.4 is 4.72 Å². The van der Waals surface area contributed by atoms with Crippen molar-refractivity contribution in [1.29, 1.82) is 0 Å². The molecule has 0 radical (unpaired) electrons. The van der Waals surface area contributed by atoms with Gasteiger partial charge in [0, 0.05) is 10.7 Å². The number of hydrogen-bond donors (Lipinski definition) is 1. The second kappa shape index (κ2) is 6.10. The Bertz CT molecular complexity index is 1120. The van der Waals surface area contributed by atoms with Crippen molar-refractivity contribution in [3.8, 4) is 0 Å². The van der Waals surface area contributed by atoms with Gasteiger partial charge in [-0.2, -0.15) is 0 Å². The summed E-state index contributed by atoms with van der Waals surface area (Å²) in [5, 5.41) is 0.179. The fourth-order valence-corrected chi connectivity index (χ4v) is 5.09. The van der Waals surface area contributed by atoms with Gasteiger partial charge in [-0.05, 0) is 42.5 Å². The molecule has 10 heteroatoms. The minimum atomic E-state index is -3.76. The Morgan fingerprint density at radius 1 is 1.00 bits per heavy atom. The van der Waals surface area contributed by atoms with Crippen LogP contribution in [0.4, 0.5) is 5.13 Å². The molecule has 2 aromatic carbocycles. The number of nitrogens with zero attached hydrogens (tertiary/aromatic N) is 1. The van der Waals surface area contributed by atoms with Gasteiger partial charge in [0.15, 0.2) is 15.0 Å². The summed E-state index contributed by atoms with van der Waals surface area (Å²) in [5.74, 6) is 0. The number of aromatic nitrogens is 1. The van der Waals surface area contributed by atoms with Crippen LogP contribution in [0.5, 0.6) is 0 Å². The molecule has 0 fully saturated rings. The van der Waals surface area contributed by atoms with Crippen molar-refractivity contribution in [1.82, 2.24) is 4.98 Å². The normalized spacial score (nSPS) is 12.4. The maximum atomic E-state index is 12.4. The predicted molar refractivity (Wildman–Crippen MR) is 97.7 cm³/mol. The van der Waals surface area contributed by atoms with Gasteiger partial charge in [-0.25, -0.2) is 21.8 Å². The Kier molecular flexibility index (Phi) is 4.41. The molecule has 0 atom stereocenters. The molecule has 3 aromatic rings. The first kappa shape index (κ1) is 17.3. The van der Waals surface area contributed by atoms with E-state index in [0.717, 1.165) is 22.1 Å². The molecule has 24 heavy (non-hydrogen) atoms. The Morgan fingerprint density at radius 2 is 1.62 bits per heavy atom. The lowest BCUT2D eigenvalue weighted by Gasteiger charge is -2.04. The summed E-state index contributed by atoms with van der Waals surface area (Å²) in [4.78, 5) is 4.47. The van der Waals surface area contributed by atoms with E-state index in [1.165, 1.54) is 24.3 Å². The highest BCUT2D eigenvalue weighted by Gasteiger charge is 2.17. The molecule has 126 valence electrons. The summed E-state index contributed by atoms with van der Waals surface area (Å²) in [5.41, 5.74) is 0.529. The molecule has 0 aliphatic heterocycles.